The number of aromatic amines is 1. The standard InChI is InChI=1S/C10H18N2O3/c1-4-15-6-5-8-7-11-12-9(8)10(13-2)14-3/h7,10H,4-6H2,1-3H3,(H,11,12). The molecule has 0 aliphatic rings. The summed E-state index contributed by atoms with van der Waals surface area (Å²) in [7, 11) is 3.20. The van der Waals surface area contributed by atoms with E-state index in [9.17, 15) is 0 Å². The highest BCUT2D eigenvalue weighted by atomic mass is 16.7. The van der Waals surface area contributed by atoms with Gasteiger partial charge in [0.2, 0.25) is 0 Å². The monoisotopic (exact) mass is 214 g/mol. The van der Waals surface area contributed by atoms with Crippen molar-refractivity contribution >= 4 is 0 Å². The molecule has 0 aromatic carbocycles. The summed E-state index contributed by atoms with van der Waals surface area (Å²) < 4.78 is 15.6. The number of nitrogens with one attached hydrogen (secondary N) is 1. The largest absolute Gasteiger partial charge is 0.381 e. The first-order valence-electron chi connectivity index (χ1n) is 4.99. The minimum absolute atomic E-state index is 0.385. The van der Waals surface area contributed by atoms with E-state index in [0.717, 1.165) is 24.3 Å². The summed E-state index contributed by atoms with van der Waals surface area (Å²) in [6, 6.07) is 0. The Hall–Kier alpha value is -0.910. The van der Waals surface area contributed by atoms with Crippen molar-refractivity contribution in [2.24, 2.45) is 0 Å². The van der Waals surface area contributed by atoms with Crippen molar-refractivity contribution < 1.29 is 14.2 Å². The third kappa shape index (κ3) is 3.30. The molecular weight excluding hydrogens is 196 g/mol. The second kappa shape index (κ2) is 6.55. The fourth-order valence-corrected chi connectivity index (χ4v) is 1.38. The molecule has 0 atom stereocenters. The van der Waals surface area contributed by atoms with Crippen LogP contribution in [0.1, 0.15) is 24.5 Å². The predicted octanol–water partition coefficient (Wildman–Crippen LogP) is 1.28. The van der Waals surface area contributed by atoms with Gasteiger partial charge >= 0.3 is 0 Å². The minimum Gasteiger partial charge on any atom is -0.381 e. The molecule has 0 fully saturated rings. The number of rotatable bonds is 7. The summed E-state index contributed by atoms with van der Waals surface area (Å²) >= 11 is 0. The van der Waals surface area contributed by atoms with Crippen molar-refractivity contribution in [3.05, 3.63) is 17.5 Å². The van der Waals surface area contributed by atoms with Crippen molar-refractivity contribution in [3.8, 4) is 0 Å². The molecule has 0 amide bonds. The van der Waals surface area contributed by atoms with E-state index in [-0.39, 0.29) is 6.29 Å². The van der Waals surface area contributed by atoms with E-state index >= 15 is 0 Å². The molecule has 0 bridgehead atoms. The predicted molar refractivity (Wildman–Crippen MR) is 55.5 cm³/mol. The molecule has 86 valence electrons. The first-order valence-corrected chi connectivity index (χ1v) is 4.99. The van der Waals surface area contributed by atoms with Crippen LogP contribution in [0, 0.1) is 0 Å². The molecule has 0 unspecified atom stereocenters. The van der Waals surface area contributed by atoms with Crippen LogP contribution < -0.4 is 0 Å². The van der Waals surface area contributed by atoms with Gasteiger partial charge in [0.05, 0.1) is 18.5 Å². The number of H-pyrrole nitrogens is 1. The third-order valence-corrected chi connectivity index (χ3v) is 2.14. The van der Waals surface area contributed by atoms with Crippen LogP contribution in [0.25, 0.3) is 0 Å². The number of nitrogens with zero attached hydrogens (tertiary/aromatic N) is 1. The SMILES string of the molecule is CCOCCc1cn[nH]c1C(OC)OC. The highest BCUT2D eigenvalue weighted by Crippen LogP contribution is 2.19. The normalized spacial score (nSPS) is 11.2. The van der Waals surface area contributed by atoms with Crippen LogP contribution in [-0.4, -0.2) is 37.6 Å². The van der Waals surface area contributed by atoms with Crippen LogP contribution >= 0.6 is 0 Å². The number of aromatic nitrogens is 2. The Bertz CT molecular complexity index is 271. The molecule has 0 aliphatic carbocycles. The van der Waals surface area contributed by atoms with Crippen LogP contribution in [-0.2, 0) is 20.6 Å². The molecule has 1 rings (SSSR count). The average molecular weight is 214 g/mol. The quantitative estimate of drug-likeness (QED) is 0.548. The molecule has 0 saturated heterocycles. The van der Waals surface area contributed by atoms with E-state index in [2.05, 4.69) is 10.2 Å². The van der Waals surface area contributed by atoms with Crippen LogP contribution in [0.15, 0.2) is 6.20 Å². The maximum absolute atomic E-state index is 5.29. The van der Waals surface area contributed by atoms with Gasteiger partial charge in [0, 0.05) is 26.4 Å². The first kappa shape index (κ1) is 12.2. The topological polar surface area (TPSA) is 56.4 Å². The number of ether oxygens (including phenoxy) is 3. The smallest absolute Gasteiger partial charge is 0.200 e. The van der Waals surface area contributed by atoms with Gasteiger partial charge in [-0.25, -0.2) is 0 Å². The van der Waals surface area contributed by atoms with Crippen molar-refractivity contribution in [3.63, 3.8) is 0 Å². The molecule has 5 heteroatoms. The van der Waals surface area contributed by atoms with Crippen LogP contribution in [0.4, 0.5) is 0 Å². The number of hydrogen-bond acceptors (Lipinski definition) is 4. The lowest BCUT2D eigenvalue weighted by molar-refractivity contribution is -0.109. The van der Waals surface area contributed by atoms with Crippen molar-refractivity contribution in [1.29, 1.82) is 0 Å². The molecule has 0 radical (unpaired) electrons. The van der Waals surface area contributed by atoms with Gasteiger partial charge in [0.1, 0.15) is 0 Å². The van der Waals surface area contributed by atoms with Gasteiger partial charge in [0.15, 0.2) is 6.29 Å². The zero-order valence-corrected chi connectivity index (χ0v) is 9.45. The van der Waals surface area contributed by atoms with E-state index < -0.39 is 0 Å². The van der Waals surface area contributed by atoms with E-state index in [4.69, 9.17) is 14.2 Å². The molecule has 5 nitrogen and oxygen atoms in total. The van der Waals surface area contributed by atoms with Gasteiger partial charge in [-0.15, -0.1) is 0 Å². The molecule has 15 heavy (non-hydrogen) atoms. The molecule has 0 saturated carbocycles. The van der Waals surface area contributed by atoms with Gasteiger partial charge in [-0.1, -0.05) is 0 Å². The summed E-state index contributed by atoms with van der Waals surface area (Å²) in [5.41, 5.74) is 1.93. The first-order chi connectivity index (χ1) is 7.33. The molecule has 0 aliphatic heterocycles. The van der Waals surface area contributed by atoms with Gasteiger partial charge in [0.25, 0.3) is 0 Å². The highest BCUT2D eigenvalue weighted by molar-refractivity contribution is 5.17. The van der Waals surface area contributed by atoms with Gasteiger partial charge in [-0.3, -0.25) is 5.10 Å². The second-order valence-electron chi connectivity index (χ2n) is 3.06. The van der Waals surface area contributed by atoms with Gasteiger partial charge in [-0.2, -0.15) is 5.10 Å². The van der Waals surface area contributed by atoms with E-state index in [1.54, 1.807) is 20.4 Å². The summed E-state index contributed by atoms with van der Waals surface area (Å²) in [6.07, 6.45) is 2.20. The zero-order valence-electron chi connectivity index (χ0n) is 9.45. The maximum Gasteiger partial charge on any atom is 0.200 e. The Morgan fingerprint density at radius 2 is 2.13 bits per heavy atom. The average Bonchev–Trinajstić information content (AvgIpc) is 2.69. The summed E-state index contributed by atoms with van der Waals surface area (Å²) in [5, 5.41) is 6.86. The Balaban J connectivity index is 2.59. The van der Waals surface area contributed by atoms with Crippen molar-refractivity contribution in [2.75, 3.05) is 27.4 Å². The van der Waals surface area contributed by atoms with Gasteiger partial charge in [-0.05, 0) is 13.3 Å². The Kier molecular flexibility index (Phi) is 5.31. The fraction of sp³-hybridized carbons (Fsp3) is 0.700. The van der Waals surface area contributed by atoms with Crippen LogP contribution in [0.2, 0.25) is 0 Å². The number of hydrogen-bond donors (Lipinski definition) is 1. The van der Waals surface area contributed by atoms with Crippen LogP contribution in [0.5, 0.6) is 0 Å². The summed E-state index contributed by atoms with van der Waals surface area (Å²) in [4.78, 5) is 0. The zero-order chi connectivity index (χ0) is 11.1. The Labute approximate surface area is 89.7 Å². The van der Waals surface area contributed by atoms with Crippen molar-refractivity contribution in [1.82, 2.24) is 10.2 Å². The van der Waals surface area contributed by atoms with Crippen molar-refractivity contribution in [2.45, 2.75) is 19.6 Å². The molecule has 1 heterocycles. The molecule has 1 aromatic heterocycles. The van der Waals surface area contributed by atoms with Gasteiger partial charge < -0.3 is 14.2 Å². The second-order valence-corrected chi connectivity index (χ2v) is 3.06. The third-order valence-electron chi connectivity index (χ3n) is 2.14. The van der Waals surface area contributed by atoms with E-state index in [0.29, 0.717) is 6.61 Å². The Morgan fingerprint density at radius 1 is 1.40 bits per heavy atom. The summed E-state index contributed by atoms with van der Waals surface area (Å²) in [6.45, 7) is 3.39. The lowest BCUT2D eigenvalue weighted by atomic mass is 10.2. The molecular formula is C10H18N2O3. The molecule has 0 spiro atoms. The minimum atomic E-state index is -0.385. The molecule has 1 N–H and O–H groups in total. The highest BCUT2D eigenvalue weighted by Gasteiger charge is 2.15. The van der Waals surface area contributed by atoms with E-state index in [1.165, 1.54) is 0 Å². The van der Waals surface area contributed by atoms with E-state index in [1.807, 2.05) is 6.92 Å². The van der Waals surface area contributed by atoms with Crippen LogP contribution in [0.3, 0.4) is 0 Å². The lowest BCUT2D eigenvalue weighted by Crippen LogP contribution is -2.08. The molecule has 1 aromatic rings. The summed E-state index contributed by atoms with van der Waals surface area (Å²) in [5.74, 6) is 0. The number of methoxy groups -OCH3 is 2. The Morgan fingerprint density at radius 3 is 2.73 bits per heavy atom. The maximum atomic E-state index is 5.29. The lowest BCUT2D eigenvalue weighted by Gasteiger charge is -2.13. The fourth-order valence-electron chi connectivity index (χ4n) is 1.38.